The summed E-state index contributed by atoms with van der Waals surface area (Å²) in [6, 6.07) is 3.29. The number of hydrogen-bond donors (Lipinski definition) is 0. The first-order valence-electron chi connectivity index (χ1n) is 6.23. The second kappa shape index (κ2) is 5.06. The molecule has 0 amide bonds. The van der Waals surface area contributed by atoms with Crippen molar-refractivity contribution in [2.24, 2.45) is 0 Å². The summed E-state index contributed by atoms with van der Waals surface area (Å²) >= 11 is 3.49. The van der Waals surface area contributed by atoms with Crippen molar-refractivity contribution in [1.82, 2.24) is 9.88 Å². The number of nitrogens with zero attached hydrogens (tertiary/aromatic N) is 2. The summed E-state index contributed by atoms with van der Waals surface area (Å²) in [5, 5.41) is 0. The Balaban J connectivity index is 1.80. The Hall–Kier alpha value is -1.20. The van der Waals surface area contributed by atoms with Crippen molar-refractivity contribution in [3.8, 4) is 0 Å². The van der Waals surface area contributed by atoms with Gasteiger partial charge >= 0.3 is 0 Å². The summed E-state index contributed by atoms with van der Waals surface area (Å²) in [6.45, 7) is 3.98. The highest BCUT2D eigenvalue weighted by Gasteiger charge is 2.22. The smallest absolute Gasteiger partial charge is 0.208 e. The van der Waals surface area contributed by atoms with E-state index >= 15 is 0 Å². The van der Waals surface area contributed by atoms with Crippen LogP contribution in [0.1, 0.15) is 22.8 Å². The summed E-state index contributed by atoms with van der Waals surface area (Å²) in [4.78, 5) is 6.35. The molecule has 1 aromatic heterocycles. The van der Waals surface area contributed by atoms with Crippen molar-refractivity contribution in [2.75, 3.05) is 6.54 Å². The molecule has 0 radical (unpaired) electrons. The Morgan fingerprint density at radius 3 is 3.00 bits per heavy atom. The van der Waals surface area contributed by atoms with Gasteiger partial charge in [-0.15, -0.1) is 0 Å². The molecule has 0 bridgehead atoms. The van der Waals surface area contributed by atoms with Gasteiger partial charge in [-0.05, 0) is 31.0 Å². The van der Waals surface area contributed by atoms with Crippen molar-refractivity contribution in [3.63, 3.8) is 0 Å². The van der Waals surface area contributed by atoms with E-state index in [2.05, 4.69) is 25.8 Å². The Morgan fingerprint density at radius 1 is 1.42 bits per heavy atom. The van der Waals surface area contributed by atoms with Gasteiger partial charge in [0.05, 0.1) is 12.7 Å². The second-order valence-corrected chi connectivity index (χ2v) is 5.67. The Bertz CT molecular complexity index is 611. The number of aromatic nitrogens is 1. The molecule has 2 heterocycles. The molecule has 1 aliphatic rings. The van der Waals surface area contributed by atoms with E-state index in [1.807, 2.05) is 6.92 Å². The van der Waals surface area contributed by atoms with E-state index in [1.165, 1.54) is 6.07 Å². The summed E-state index contributed by atoms with van der Waals surface area (Å²) < 4.78 is 20.3. The van der Waals surface area contributed by atoms with Crippen LogP contribution in [0.25, 0.3) is 0 Å². The van der Waals surface area contributed by atoms with Crippen LogP contribution >= 0.6 is 15.9 Å². The first-order chi connectivity index (χ1) is 9.13. The summed E-state index contributed by atoms with van der Waals surface area (Å²) in [6.07, 6.45) is 2.55. The molecule has 3 nitrogen and oxygen atoms in total. The Kier molecular flexibility index (Phi) is 3.41. The quantitative estimate of drug-likeness (QED) is 0.847. The van der Waals surface area contributed by atoms with Crippen LogP contribution in [0, 0.1) is 12.7 Å². The summed E-state index contributed by atoms with van der Waals surface area (Å²) in [7, 11) is 0. The van der Waals surface area contributed by atoms with Crippen LogP contribution in [-0.2, 0) is 19.5 Å². The molecule has 0 saturated carbocycles. The lowest BCUT2D eigenvalue weighted by Crippen LogP contribution is -2.31. The molecular weight excluding hydrogens is 311 g/mol. The maximum absolute atomic E-state index is 13.9. The fraction of sp³-hybridized carbons (Fsp3) is 0.357. The normalized spacial score (nSPS) is 15.5. The van der Waals surface area contributed by atoms with Crippen LogP contribution in [-0.4, -0.2) is 16.4 Å². The molecule has 0 unspecified atom stereocenters. The lowest BCUT2D eigenvalue weighted by atomic mass is 9.99. The SMILES string of the molecule is Cc1cnc(CN2CCc3c(Br)ccc(F)c3C2)o1. The van der Waals surface area contributed by atoms with E-state index in [9.17, 15) is 4.39 Å². The lowest BCUT2D eigenvalue weighted by molar-refractivity contribution is 0.216. The number of hydrogen-bond acceptors (Lipinski definition) is 3. The third-order valence-corrected chi connectivity index (χ3v) is 4.15. The van der Waals surface area contributed by atoms with E-state index < -0.39 is 0 Å². The first kappa shape index (κ1) is 12.8. The molecule has 0 aliphatic carbocycles. The van der Waals surface area contributed by atoms with Gasteiger partial charge in [-0.1, -0.05) is 15.9 Å². The number of aryl methyl sites for hydroxylation is 1. The molecule has 100 valence electrons. The number of oxazole rings is 1. The number of benzene rings is 1. The molecule has 3 rings (SSSR count). The molecule has 5 heteroatoms. The first-order valence-corrected chi connectivity index (χ1v) is 7.02. The number of fused-ring (bicyclic) bond motifs is 1. The summed E-state index contributed by atoms with van der Waals surface area (Å²) in [5.41, 5.74) is 1.86. The van der Waals surface area contributed by atoms with E-state index in [-0.39, 0.29) is 5.82 Å². The topological polar surface area (TPSA) is 29.3 Å². The van der Waals surface area contributed by atoms with Gasteiger partial charge in [-0.2, -0.15) is 0 Å². The van der Waals surface area contributed by atoms with E-state index in [4.69, 9.17) is 4.42 Å². The van der Waals surface area contributed by atoms with Crippen LogP contribution in [0.4, 0.5) is 4.39 Å². The molecule has 0 fully saturated rings. The molecule has 19 heavy (non-hydrogen) atoms. The van der Waals surface area contributed by atoms with Gasteiger partial charge in [0.15, 0.2) is 0 Å². The summed E-state index contributed by atoms with van der Waals surface area (Å²) in [5.74, 6) is 1.36. The predicted molar refractivity (Wildman–Crippen MR) is 73.2 cm³/mol. The minimum Gasteiger partial charge on any atom is -0.445 e. The van der Waals surface area contributed by atoms with Gasteiger partial charge in [0.2, 0.25) is 5.89 Å². The third kappa shape index (κ3) is 2.58. The molecular formula is C14H14BrFN2O. The number of rotatable bonds is 2. The van der Waals surface area contributed by atoms with Gasteiger partial charge in [0.25, 0.3) is 0 Å². The third-order valence-electron chi connectivity index (χ3n) is 3.40. The average Bonchev–Trinajstić information content (AvgIpc) is 2.80. The Labute approximate surface area is 119 Å². The maximum atomic E-state index is 13.9. The monoisotopic (exact) mass is 324 g/mol. The van der Waals surface area contributed by atoms with Crippen LogP contribution < -0.4 is 0 Å². The molecule has 1 aromatic carbocycles. The molecule has 1 aliphatic heterocycles. The zero-order valence-electron chi connectivity index (χ0n) is 10.6. The van der Waals surface area contributed by atoms with Crippen molar-refractivity contribution in [2.45, 2.75) is 26.4 Å². The predicted octanol–water partition coefficient (Wildman–Crippen LogP) is 3.44. The highest BCUT2D eigenvalue weighted by atomic mass is 79.9. The molecule has 0 atom stereocenters. The van der Waals surface area contributed by atoms with Gasteiger partial charge in [0, 0.05) is 23.1 Å². The van der Waals surface area contributed by atoms with Gasteiger partial charge in [0.1, 0.15) is 11.6 Å². The molecule has 0 saturated heterocycles. The molecule has 0 spiro atoms. The molecule has 2 aromatic rings. The van der Waals surface area contributed by atoms with Crippen LogP contribution in [0.3, 0.4) is 0 Å². The van der Waals surface area contributed by atoms with Crippen molar-refractivity contribution < 1.29 is 8.81 Å². The van der Waals surface area contributed by atoms with Crippen LogP contribution in [0.2, 0.25) is 0 Å². The lowest BCUT2D eigenvalue weighted by Gasteiger charge is -2.28. The fourth-order valence-corrected chi connectivity index (χ4v) is 3.02. The Morgan fingerprint density at radius 2 is 2.26 bits per heavy atom. The van der Waals surface area contributed by atoms with E-state index in [1.54, 1.807) is 12.3 Å². The van der Waals surface area contributed by atoms with Gasteiger partial charge in [-0.3, -0.25) is 4.90 Å². The zero-order chi connectivity index (χ0) is 13.4. The van der Waals surface area contributed by atoms with Crippen molar-refractivity contribution in [1.29, 1.82) is 0 Å². The zero-order valence-corrected chi connectivity index (χ0v) is 12.2. The minimum atomic E-state index is -0.133. The van der Waals surface area contributed by atoms with E-state index in [0.717, 1.165) is 34.3 Å². The number of halogens is 2. The average molecular weight is 325 g/mol. The largest absolute Gasteiger partial charge is 0.445 e. The van der Waals surface area contributed by atoms with Crippen molar-refractivity contribution in [3.05, 3.63) is 51.4 Å². The van der Waals surface area contributed by atoms with Gasteiger partial charge < -0.3 is 4.42 Å². The fourth-order valence-electron chi connectivity index (χ4n) is 2.45. The minimum absolute atomic E-state index is 0.133. The van der Waals surface area contributed by atoms with Gasteiger partial charge in [-0.25, -0.2) is 9.37 Å². The highest BCUT2D eigenvalue weighted by molar-refractivity contribution is 9.10. The van der Waals surface area contributed by atoms with E-state index in [0.29, 0.717) is 19.0 Å². The highest BCUT2D eigenvalue weighted by Crippen LogP contribution is 2.29. The standard InChI is InChI=1S/C14H14BrFN2O/c1-9-6-17-14(19-9)8-18-5-4-10-11(7-18)13(16)3-2-12(10)15/h2-3,6H,4-5,7-8H2,1H3. The second-order valence-electron chi connectivity index (χ2n) is 4.81. The maximum Gasteiger partial charge on any atom is 0.208 e. The van der Waals surface area contributed by atoms with Crippen molar-refractivity contribution >= 4 is 15.9 Å². The van der Waals surface area contributed by atoms with Crippen LogP contribution in [0.15, 0.2) is 27.2 Å². The molecule has 0 N–H and O–H groups in total. The van der Waals surface area contributed by atoms with Crippen LogP contribution in [0.5, 0.6) is 0 Å².